The number of aromatic nitrogens is 1. The Hall–Kier alpha value is -1.89. The van der Waals surface area contributed by atoms with Crippen LogP contribution in [-0.4, -0.2) is 66.4 Å². The van der Waals surface area contributed by atoms with E-state index < -0.39 is 0 Å². The van der Waals surface area contributed by atoms with E-state index in [9.17, 15) is 9.59 Å². The maximum Gasteiger partial charge on any atom is 0.291 e. The molecule has 1 saturated heterocycles. The van der Waals surface area contributed by atoms with Gasteiger partial charge >= 0.3 is 0 Å². The van der Waals surface area contributed by atoms with Gasteiger partial charge in [-0.15, -0.1) is 0 Å². The number of aryl methyl sites for hydroxylation is 1. The van der Waals surface area contributed by atoms with Gasteiger partial charge in [-0.05, 0) is 6.92 Å². The molecule has 1 N–H and O–H groups in total. The highest BCUT2D eigenvalue weighted by Gasteiger charge is 2.23. The van der Waals surface area contributed by atoms with E-state index in [1.54, 1.807) is 18.9 Å². The molecule has 2 heterocycles. The molecule has 0 saturated carbocycles. The predicted octanol–water partition coefficient (Wildman–Crippen LogP) is -0.513. The largest absolute Gasteiger partial charge is 0.438 e. The summed E-state index contributed by atoms with van der Waals surface area (Å²) < 4.78 is 5.04. The summed E-state index contributed by atoms with van der Waals surface area (Å²) in [4.78, 5) is 31.1. The van der Waals surface area contributed by atoms with Crippen molar-refractivity contribution in [3.8, 4) is 0 Å². The number of rotatable bonds is 3. The predicted molar refractivity (Wildman–Crippen MR) is 67.7 cm³/mol. The third-order valence-corrected chi connectivity index (χ3v) is 3.13. The Labute approximate surface area is 111 Å². The molecule has 0 unspecified atom stereocenters. The lowest BCUT2D eigenvalue weighted by atomic mass is 10.3. The molecule has 7 heteroatoms. The molecular formula is C12H18N4O3. The first-order valence-corrected chi connectivity index (χ1v) is 6.23. The maximum atomic E-state index is 12.1. The van der Waals surface area contributed by atoms with Gasteiger partial charge in [-0.3, -0.25) is 9.59 Å². The van der Waals surface area contributed by atoms with Crippen molar-refractivity contribution in [2.24, 2.45) is 0 Å². The van der Waals surface area contributed by atoms with Crippen LogP contribution in [0.5, 0.6) is 0 Å². The molecule has 0 bridgehead atoms. The Morgan fingerprint density at radius 1 is 1.47 bits per heavy atom. The first-order chi connectivity index (χ1) is 9.09. The Kier molecular flexibility index (Phi) is 4.16. The number of nitrogens with one attached hydrogen (secondary N) is 1. The standard InChI is InChI=1S/C12H18N4O3/c1-9-11(19-8-14-9)12(18)15(2)7-10(17)16-5-3-13-4-6-16/h8,13H,3-7H2,1-2H3. The highest BCUT2D eigenvalue weighted by atomic mass is 16.3. The number of oxazole rings is 1. The second-order valence-electron chi connectivity index (χ2n) is 4.56. The van der Waals surface area contributed by atoms with Gasteiger partial charge in [-0.1, -0.05) is 0 Å². The van der Waals surface area contributed by atoms with E-state index in [1.807, 2.05) is 0 Å². The molecule has 0 radical (unpaired) electrons. The first-order valence-electron chi connectivity index (χ1n) is 6.23. The van der Waals surface area contributed by atoms with Gasteiger partial charge in [0.25, 0.3) is 5.91 Å². The third kappa shape index (κ3) is 3.11. The Balaban J connectivity index is 1.93. The lowest BCUT2D eigenvalue weighted by Gasteiger charge is -2.29. The van der Waals surface area contributed by atoms with E-state index in [4.69, 9.17) is 4.42 Å². The van der Waals surface area contributed by atoms with Crippen molar-refractivity contribution in [3.63, 3.8) is 0 Å². The average Bonchev–Trinajstić information content (AvgIpc) is 2.85. The summed E-state index contributed by atoms with van der Waals surface area (Å²) in [5.41, 5.74) is 0.534. The monoisotopic (exact) mass is 266 g/mol. The molecule has 0 aromatic carbocycles. The average molecular weight is 266 g/mol. The maximum absolute atomic E-state index is 12.1. The Morgan fingerprint density at radius 2 is 2.16 bits per heavy atom. The lowest BCUT2D eigenvalue weighted by Crippen LogP contribution is -2.49. The normalized spacial score (nSPS) is 15.4. The molecule has 2 amide bonds. The van der Waals surface area contributed by atoms with Gasteiger partial charge in [-0.25, -0.2) is 4.98 Å². The lowest BCUT2D eigenvalue weighted by molar-refractivity contribution is -0.132. The van der Waals surface area contributed by atoms with Crippen LogP contribution in [0.25, 0.3) is 0 Å². The van der Waals surface area contributed by atoms with Crippen molar-refractivity contribution in [2.75, 3.05) is 39.8 Å². The van der Waals surface area contributed by atoms with Gasteiger partial charge in [-0.2, -0.15) is 0 Å². The van der Waals surface area contributed by atoms with Crippen LogP contribution < -0.4 is 5.32 Å². The van der Waals surface area contributed by atoms with Gasteiger partial charge in [0.15, 0.2) is 6.39 Å². The quantitative estimate of drug-likeness (QED) is 0.797. The summed E-state index contributed by atoms with van der Waals surface area (Å²) in [7, 11) is 1.59. The molecule has 0 atom stereocenters. The fraction of sp³-hybridized carbons (Fsp3) is 0.583. The molecule has 0 aliphatic carbocycles. The zero-order valence-corrected chi connectivity index (χ0v) is 11.2. The van der Waals surface area contributed by atoms with Gasteiger partial charge in [0.1, 0.15) is 0 Å². The molecule has 7 nitrogen and oxygen atoms in total. The van der Waals surface area contributed by atoms with E-state index in [2.05, 4.69) is 10.3 Å². The van der Waals surface area contributed by atoms with E-state index in [0.29, 0.717) is 18.8 Å². The summed E-state index contributed by atoms with van der Waals surface area (Å²) in [6, 6.07) is 0. The minimum atomic E-state index is -0.321. The van der Waals surface area contributed by atoms with Crippen LogP contribution in [0.15, 0.2) is 10.8 Å². The number of likely N-dealkylation sites (N-methyl/N-ethyl adjacent to an activating group) is 1. The summed E-state index contributed by atoms with van der Waals surface area (Å²) in [5, 5.41) is 3.18. The zero-order chi connectivity index (χ0) is 13.8. The smallest absolute Gasteiger partial charge is 0.291 e. The van der Waals surface area contributed by atoms with E-state index in [0.717, 1.165) is 13.1 Å². The molecular weight excluding hydrogens is 248 g/mol. The number of amides is 2. The number of carbonyl (C=O) groups is 2. The second-order valence-corrected chi connectivity index (χ2v) is 4.56. The number of hydrogen-bond acceptors (Lipinski definition) is 5. The number of hydrogen-bond donors (Lipinski definition) is 1. The molecule has 1 fully saturated rings. The molecule has 1 aromatic heterocycles. The van der Waals surface area contributed by atoms with Gasteiger partial charge in [0.2, 0.25) is 11.7 Å². The van der Waals surface area contributed by atoms with Crippen LogP contribution in [0.3, 0.4) is 0 Å². The summed E-state index contributed by atoms with van der Waals surface area (Å²) in [5.74, 6) is -0.177. The fourth-order valence-corrected chi connectivity index (χ4v) is 1.97. The fourth-order valence-electron chi connectivity index (χ4n) is 1.97. The molecule has 19 heavy (non-hydrogen) atoms. The molecule has 2 rings (SSSR count). The van der Waals surface area contributed by atoms with E-state index >= 15 is 0 Å². The summed E-state index contributed by atoms with van der Waals surface area (Å²) in [6.45, 7) is 4.71. The van der Waals surface area contributed by atoms with E-state index in [1.165, 1.54) is 11.3 Å². The van der Waals surface area contributed by atoms with Crippen LogP contribution in [0, 0.1) is 6.92 Å². The van der Waals surface area contributed by atoms with Crippen molar-refractivity contribution < 1.29 is 14.0 Å². The summed E-state index contributed by atoms with van der Waals surface area (Å²) in [6.07, 6.45) is 1.23. The Morgan fingerprint density at radius 3 is 2.74 bits per heavy atom. The van der Waals surface area contributed by atoms with Crippen molar-refractivity contribution in [2.45, 2.75) is 6.92 Å². The van der Waals surface area contributed by atoms with E-state index in [-0.39, 0.29) is 24.1 Å². The molecule has 1 aliphatic rings. The zero-order valence-electron chi connectivity index (χ0n) is 11.2. The minimum Gasteiger partial charge on any atom is -0.438 e. The van der Waals surface area contributed by atoms with Gasteiger partial charge in [0, 0.05) is 33.2 Å². The highest BCUT2D eigenvalue weighted by Crippen LogP contribution is 2.08. The highest BCUT2D eigenvalue weighted by molar-refractivity contribution is 5.94. The molecule has 1 aromatic rings. The van der Waals surface area contributed by atoms with Crippen molar-refractivity contribution in [3.05, 3.63) is 17.8 Å². The molecule has 104 valence electrons. The van der Waals surface area contributed by atoms with Gasteiger partial charge < -0.3 is 19.5 Å². The second kappa shape index (κ2) is 5.83. The SMILES string of the molecule is Cc1ncoc1C(=O)N(C)CC(=O)N1CCNCC1. The van der Waals surface area contributed by atoms with Crippen molar-refractivity contribution >= 4 is 11.8 Å². The number of piperazine rings is 1. The van der Waals surface area contributed by atoms with Crippen molar-refractivity contribution in [1.29, 1.82) is 0 Å². The molecule has 1 aliphatic heterocycles. The summed E-state index contributed by atoms with van der Waals surface area (Å²) >= 11 is 0. The van der Waals surface area contributed by atoms with Crippen LogP contribution in [0.2, 0.25) is 0 Å². The van der Waals surface area contributed by atoms with Crippen LogP contribution in [0.4, 0.5) is 0 Å². The number of nitrogens with zero attached hydrogens (tertiary/aromatic N) is 3. The van der Waals surface area contributed by atoms with Crippen molar-refractivity contribution in [1.82, 2.24) is 20.1 Å². The number of carbonyl (C=O) groups excluding carboxylic acids is 2. The Bertz CT molecular complexity index is 465. The topological polar surface area (TPSA) is 78.7 Å². The first kappa shape index (κ1) is 13.5. The van der Waals surface area contributed by atoms with Crippen LogP contribution >= 0.6 is 0 Å². The third-order valence-electron chi connectivity index (χ3n) is 3.13. The van der Waals surface area contributed by atoms with Crippen LogP contribution in [0.1, 0.15) is 16.2 Å². The minimum absolute atomic E-state index is 0.0467. The van der Waals surface area contributed by atoms with Gasteiger partial charge in [0.05, 0.1) is 12.2 Å². The van der Waals surface area contributed by atoms with Crippen LogP contribution in [-0.2, 0) is 4.79 Å². The molecule has 0 spiro atoms.